The number of carbonyl (C=O) groups is 1. The molecule has 0 saturated heterocycles. The highest BCUT2D eigenvalue weighted by Gasteiger charge is 2.18. The van der Waals surface area contributed by atoms with Gasteiger partial charge < -0.3 is 15.1 Å². The van der Waals surface area contributed by atoms with Crippen molar-refractivity contribution in [1.29, 1.82) is 0 Å². The SMILES string of the molecule is CN(C)CCN(C)CCNC(=O)c1ccccc1[N+](=O)[O-]. The van der Waals surface area contributed by atoms with Gasteiger partial charge in [0.2, 0.25) is 0 Å². The smallest absolute Gasteiger partial charge is 0.282 e. The van der Waals surface area contributed by atoms with Crippen LogP contribution >= 0.6 is 0 Å². The summed E-state index contributed by atoms with van der Waals surface area (Å²) < 4.78 is 0. The number of amides is 1. The number of hydrogen-bond acceptors (Lipinski definition) is 5. The maximum absolute atomic E-state index is 12.0. The van der Waals surface area contributed by atoms with Crippen LogP contribution in [0.15, 0.2) is 24.3 Å². The van der Waals surface area contributed by atoms with Gasteiger partial charge in [0.1, 0.15) is 5.56 Å². The molecule has 0 aliphatic carbocycles. The second-order valence-corrected chi connectivity index (χ2v) is 5.14. The van der Waals surface area contributed by atoms with Crippen LogP contribution in [0.5, 0.6) is 0 Å². The quantitative estimate of drug-likeness (QED) is 0.567. The van der Waals surface area contributed by atoms with Gasteiger partial charge in [0.05, 0.1) is 4.92 Å². The van der Waals surface area contributed by atoms with Gasteiger partial charge in [-0.25, -0.2) is 0 Å². The van der Waals surface area contributed by atoms with E-state index in [-0.39, 0.29) is 11.3 Å². The Hall–Kier alpha value is -1.99. The van der Waals surface area contributed by atoms with Gasteiger partial charge >= 0.3 is 0 Å². The lowest BCUT2D eigenvalue weighted by Crippen LogP contribution is -2.36. The molecule has 0 fully saturated rings. The van der Waals surface area contributed by atoms with E-state index in [0.717, 1.165) is 13.1 Å². The molecule has 1 rings (SSSR count). The standard InChI is InChI=1S/C14H22N4O3/c1-16(2)10-11-17(3)9-8-15-14(19)12-6-4-5-7-13(12)18(20)21/h4-7H,8-11H2,1-3H3,(H,15,19). The molecule has 0 radical (unpaired) electrons. The summed E-state index contributed by atoms with van der Waals surface area (Å²) in [5.74, 6) is -0.414. The summed E-state index contributed by atoms with van der Waals surface area (Å²) in [5.41, 5.74) is -0.0746. The van der Waals surface area contributed by atoms with Crippen molar-refractivity contribution in [2.45, 2.75) is 0 Å². The first kappa shape index (κ1) is 17.1. The fraction of sp³-hybridized carbons (Fsp3) is 0.500. The first-order chi connectivity index (χ1) is 9.91. The number of hydrogen-bond donors (Lipinski definition) is 1. The number of para-hydroxylation sites is 1. The molecular formula is C14H22N4O3. The van der Waals surface area contributed by atoms with Gasteiger partial charge in [-0.05, 0) is 27.2 Å². The number of nitrogens with one attached hydrogen (secondary N) is 1. The Bertz CT molecular complexity index is 491. The second-order valence-electron chi connectivity index (χ2n) is 5.14. The number of carbonyl (C=O) groups excluding carboxylic acids is 1. The zero-order valence-electron chi connectivity index (χ0n) is 12.7. The van der Waals surface area contributed by atoms with Crippen molar-refractivity contribution in [2.75, 3.05) is 47.3 Å². The fourth-order valence-corrected chi connectivity index (χ4v) is 1.76. The summed E-state index contributed by atoms with van der Waals surface area (Å²) in [7, 11) is 5.98. The Kier molecular flexibility index (Phi) is 6.77. The first-order valence-corrected chi connectivity index (χ1v) is 6.76. The molecule has 0 bridgehead atoms. The number of nitro benzene ring substituents is 1. The lowest BCUT2D eigenvalue weighted by Gasteiger charge is -2.19. The van der Waals surface area contributed by atoms with E-state index in [1.165, 1.54) is 12.1 Å². The van der Waals surface area contributed by atoms with Gasteiger partial charge in [0.25, 0.3) is 11.6 Å². The van der Waals surface area contributed by atoms with Gasteiger partial charge in [0.15, 0.2) is 0 Å². The Morgan fingerprint density at radius 1 is 1.19 bits per heavy atom. The van der Waals surface area contributed by atoms with Gasteiger partial charge in [-0.2, -0.15) is 0 Å². The van der Waals surface area contributed by atoms with Crippen molar-refractivity contribution in [3.63, 3.8) is 0 Å². The molecule has 1 aromatic carbocycles. The van der Waals surface area contributed by atoms with E-state index in [1.807, 2.05) is 21.1 Å². The zero-order valence-corrected chi connectivity index (χ0v) is 12.7. The van der Waals surface area contributed by atoms with E-state index in [4.69, 9.17) is 0 Å². The molecule has 1 N–H and O–H groups in total. The maximum atomic E-state index is 12.0. The highest BCUT2D eigenvalue weighted by atomic mass is 16.6. The summed E-state index contributed by atoms with van der Waals surface area (Å²) in [4.78, 5) is 26.5. The second kappa shape index (κ2) is 8.33. The molecule has 0 aliphatic rings. The van der Waals surface area contributed by atoms with Crippen LogP contribution < -0.4 is 5.32 Å². The van der Waals surface area contributed by atoms with Crippen LogP contribution in [0.1, 0.15) is 10.4 Å². The lowest BCUT2D eigenvalue weighted by molar-refractivity contribution is -0.385. The van der Waals surface area contributed by atoms with Crippen molar-refractivity contribution in [3.8, 4) is 0 Å². The van der Waals surface area contributed by atoms with E-state index < -0.39 is 10.8 Å². The molecule has 0 unspecified atom stereocenters. The molecule has 1 aromatic rings. The van der Waals surface area contributed by atoms with Gasteiger partial charge in [-0.15, -0.1) is 0 Å². The highest BCUT2D eigenvalue weighted by Crippen LogP contribution is 2.16. The predicted molar refractivity (Wildman–Crippen MR) is 81.5 cm³/mol. The first-order valence-electron chi connectivity index (χ1n) is 6.76. The molecule has 116 valence electrons. The van der Waals surface area contributed by atoms with Gasteiger partial charge in [-0.3, -0.25) is 14.9 Å². The average molecular weight is 294 g/mol. The van der Waals surface area contributed by atoms with Crippen molar-refractivity contribution in [1.82, 2.24) is 15.1 Å². The molecule has 0 aromatic heterocycles. The minimum Gasteiger partial charge on any atom is -0.351 e. The van der Waals surface area contributed by atoms with E-state index in [9.17, 15) is 14.9 Å². The van der Waals surface area contributed by atoms with Crippen LogP contribution in [0.4, 0.5) is 5.69 Å². The van der Waals surface area contributed by atoms with Gasteiger partial charge in [-0.1, -0.05) is 12.1 Å². The topological polar surface area (TPSA) is 78.7 Å². The molecule has 0 spiro atoms. The molecule has 0 heterocycles. The number of benzene rings is 1. The summed E-state index contributed by atoms with van der Waals surface area (Å²) in [6.07, 6.45) is 0. The number of likely N-dealkylation sites (N-methyl/N-ethyl adjacent to an activating group) is 2. The Balaban J connectivity index is 2.46. The average Bonchev–Trinajstić information content (AvgIpc) is 2.44. The van der Waals surface area contributed by atoms with Crippen LogP contribution in [0, 0.1) is 10.1 Å². The van der Waals surface area contributed by atoms with Crippen LogP contribution in [-0.4, -0.2) is 68.0 Å². The highest BCUT2D eigenvalue weighted by molar-refractivity contribution is 5.98. The third kappa shape index (κ3) is 5.88. The summed E-state index contributed by atoms with van der Waals surface area (Å²) in [6.45, 7) is 2.98. The number of nitrogens with zero attached hydrogens (tertiary/aromatic N) is 3. The molecule has 0 aliphatic heterocycles. The molecule has 0 saturated carbocycles. The van der Waals surface area contributed by atoms with E-state index in [2.05, 4.69) is 15.1 Å². The fourth-order valence-electron chi connectivity index (χ4n) is 1.76. The van der Waals surface area contributed by atoms with Crippen LogP contribution in [0.25, 0.3) is 0 Å². The molecule has 21 heavy (non-hydrogen) atoms. The summed E-state index contributed by atoms with van der Waals surface area (Å²) in [5, 5.41) is 13.6. The third-order valence-corrected chi connectivity index (χ3v) is 3.05. The van der Waals surface area contributed by atoms with Crippen LogP contribution in [0.3, 0.4) is 0 Å². The number of rotatable bonds is 8. The van der Waals surface area contributed by atoms with Crippen molar-refractivity contribution in [2.24, 2.45) is 0 Å². The normalized spacial score (nSPS) is 10.9. The minimum absolute atomic E-state index is 0.0958. The monoisotopic (exact) mass is 294 g/mol. The summed E-state index contributed by atoms with van der Waals surface area (Å²) in [6, 6.07) is 5.95. The molecule has 0 atom stereocenters. The number of nitro groups is 1. The van der Waals surface area contributed by atoms with Crippen LogP contribution in [-0.2, 0) is 0 Å². The van der Waals surface area contributed by atoms with E-state index in [1.54, 1.807) is 12.1 Å². The maximum Gasteiger partial charge on any atom is 0.282 e. The Morgan fingerprint density at radius 3 is 2.48 bits per heavy atom. The van der Waals surface area contributed by atoms with E-state index >= 15 is 0 Å². The van der Waals surface area contributed by atoms with Gasteiger partial charge in [0, 0.05) is 32.2 Å². The molecular weight excluding hydrogens is 272 g/mol. The van der Waals surface area contributed by atoms with Crippen molar-refractivity contribution >= 4 is 11.6 Å². The molecule has 7 nitrogen and oxygen atoms in total. The lowest BCUT2D eigenvalue weighted by atomic mass is 10.1. The largest absolute Gasteiger partial charge is 0.351 e. The van der Waals surface area contributed by atoms with Crippen molar-refractivity contribution in [3.05, 3.63) is 39.9 Å². The minimum atomic E-state index is -0.544. The van der Waals surface area contributed by atoms with Crippen LogP contribution in [0.2, 0.25) is 0 Å². The van der Waals surface area contributed by atoms with Crippen molar-refractivity contribution < 1.29 is 9.72 Å². The molecule has 7 heteroatoms. The molecule has 1 amide bonds. The third-order valence-electron chi connectivity index (χ3n) is 3.05. The Morgan fingerprint density at radius 2 is 1.86 bits per heavy atom. The summed E-state index contributed by atoms with van der Waals surface area (Å²) >= 11 is 0. The zero-order chi connectivity index (χ0) is 15.8. The Labute approximate surface area is 124 Å². The van der Waals surface area contributed by atoms with E-state index in [0.29, 0.717) is 13.1 Å². The predicted octanol–water partition coefficient (Wildman–Crippen LogP) is 0.818.